The standard InChI is InChI=1S/C14H22N2O4S/c1-5-10(6-2)16-21(18,19)11-7-8-13(20-4)12(9-11)14(17)15-3/h7-10,16H,5-6H2,1-4H3,(H,15,17). The predicted molar refractivity (Wildman–Crippen MR) is 81.1 cm³/mol. The van der Waals surface area contributed by atoms with Crippen LogP contribution < -0.4 is 14.8 Å². The van der Waals surface area contributed by atoms with E-state index >= 15 is 0 Å². The Kier molecular flexibility index (Phi) is 6.17. The third-order valence-electron chi connectivity index (χ3n) is 3.26. The van der Waals surface area contributed by atoms with Crippen molar-refractivity contribution in [1.82, 2.24) is 10.0 Å². The molecule has 21 heavy (non-hydrogen) atoms. The molecular weight excluding hydrogens is 292 g/mol. The van der Waals surface area contributed by atoms with Crippen molar-refractivity contribution in [1.29, 1.82) is 0 Å². The van der Waals surface area contributed by atoms with E-state index in [1.54, 1.807) is 0 Å². The van der Waals surface area contributed by atoms with E-state index in [1.165, 1.54) is 32.4 Å². The van der Waals surface area contributed by atoms with Crippen LogP contribution in [0.25, 0.3) is 0 Å². The molecule has 0 radical (unpaired) electrons. The molecule has 0 fully saturated rings. The third kappa shape index (κ3) is 4.18. The van der Waals surface area contributed by atoms with Gasteiger partial charge in [0.1, 0.15) is 5.75 Å². The molecule has 0 saturated heterocycles. The zero-order valence-electron chi connectivity index (χ0n) is 12.8. The van der Waals surface area contributed by atoms with Crippen LogP contribution in [-0.4, -0.2) is 34.5 Å². The summed E-state index contributed by atoms with van der Waals surface area (Å²) in [7, 11) is -0.752. The van der Waals surface area contributed by atoms with E-state index in [4.69, 9.17) is 4.74 Å². The van der Waals surface area contributed by atoms with E-state index in [0.717, 1.165) is 0 Å². The number of carbonyl (C=O) groups excluding carboxylic acids is 1. The Labute approximate surface area is 125 Å². The van der Waals surface area contributed by atoms with E-state index in [-0.39, 0.29) is 16.5 Å². The van der Waals surface area contributed by atoms with Crippen molar-refractivity contribution in [2.75, 3.05) is 14.2 Å². The van der Waals surface area contributed by atoms with Crippen molar-refractivity contribution in [3.63, 3.8) is 0 Å². The van der Waals surface area contributed by atoms with Crippen LogP contribution in [0, 0.1) is 0 Å². The van der Waals surface area contributed by atoms with Gasteiger partial charge in [-0.15, -0.1) is 0 Å². The fraction of sp³-hybridized carbons (Fsp3) is 0.500. The number of ether oxygens (including phenoxy) is 1. The first-order valence-electron chi connectivity index (χ1n) is 6.82. The number of benzene rings is 1. The molecule has 0 spiro atoms. The Hall–Kier alpha value is -1.60. The van der Waals surface area contributed by atoms with Gasteiger partial charge in [0.05, 0.1) is 17.6 Å². The summed E-state index contributed by atoms with van der Waals surface area (Å²) in [6, 6.07) is 4.10. The van der Waals surface area contributed by atoms with Gasteiger partial charge in [0.15, 0.2) is 0 Å². The van der Waals surface area contributed by atoms with Crippen molar-refractivity contribution in [2.45, 2.75) is 37.6 Å². The quantitative estimate of drug-likeness (QED) is 0.799. The summed E-state index contributed by atoms with van der Waals surface area (Å²) >= 11 is 0. The lowest BCUT2D eigenvalue weighted by molar-refractivity contribution is 0.0960. The summed E-state index contributed by atoms with van der Waals surface area (Å²) in [6.07, 6.45) is 1.41. The molecule has 2 N–H and O–H groups in total. The van der Waals surface area contributed by atoms with Gasteiger partial charge < -0.3 is 10.1 Å². The lowest BCUT2D eigenvalue weighted by Crippen LogP contribution is -2.34. The molecule has 0 unspecified atom stereocenters. The van der Waals surface area contributed by atoms with E-state index in [0.29, 0.717) is 18.6 Å². The van der Waals surface area contributed by atoms with Gasteiger partial charge in [-0.3, -0.25) is 4.79 Å². The normalized spacial score (nSPS) is 11.5. The molecule has 0 heterocycles. The molecule has 1 aromatic rings. The first-order chi connectivity index (χ1) is 9.89. The fourth-order valence-corrected chi connectivity index (χ4v) is 3.34. The molecule has 6 nitrogen and oxygen atoms in total. The maximum absolute atomic E-state index is 12.3. The second-order valence-corrected chi connectivity index (χ2v) is 6.29. The summed E-state index contributed by atoms with van der Waals surface area (Å²) in [5, 5.41) is 2.46. The molecular formula is C14H22N2O4S. The highest BCUT2D eigenvalue weighted by Gasteiger charge is 2.21. The topological polar surface area (TPSA) is 84.5 Å². The minimum atomic E-state index is -3.66. The zero-order valence-corrected chi connectivity index (χ0v) is 13.6. The first-order valence-corrected chi connectivity index (χ1v) is 8.30. The van der Waals surface area contributed by atoms with E-state index in [9.17, 15) is 13.2 Å². The fourth-order valence-electron chi connectivity index (χ4n) is 1.91. The Balaban J connectivity index is 3.22. The summed E-state index contributed by atoms with van der Waals surface area (Å²) in [4.78, 5) is 11.9. The van der Waals surface area contributed by atoms with Gasteiger partial charge in [0.2, 0.25) is 10.0 Å². The van der Waals surface area contributed by atoms with Crippen molar-refractivity contribution >= 4 is 15.9 Å². The lowest BCUT2D eigenvalue weighted by atomic mass is 10.2. The summed E-state index contributed by atoms with van der Waals surface area (Å²) in [6.45, 7) is 3.83. The Morgan fingerprint density at radius 2 is 1.90 bits per heavy atom. The molecule has 0 saturated carbocycles. The van der Waals surface area contributed by atoms with Crippen LogP contribution in [0.4, 0.5) is 0 Å². The van der Waals surface area contributed by atoms with Gasteiger partial charge in [-0.2, -0.15) is 0 Å². The van der Waals surface area contributed by atoms with Crippen molar-refractivity contribution in [3.8, 4) is 5.75 Å². The number of nitrogens with one attached hydrogen (secondary N) is 2. The van der Waals surface area contributed by atoms with Crippen molar-refractivity contribution < 1.29 is 17.9 Å². The highest BCUT2D eigenvalue weighted by Crippen LogP contribution is 2.22. The second-order valence-electron chi connectivity index (χ2n) is 4.58. The first kappa shape index (κ1) is 17.5. The number of rotatable bonds is 7. The number of carbonyl (C=O) groups is 1. The molecule has 1 rings (SSSR count). The molecule has 0 aliphatic carbocycles. The third-order valence-corrected chi connectivity index (χ3v) is 4.78. The average molecular weight is 314 g/mol. The largest absolute Gasteiger partial charge is 0.496 e. The van der Waals surface area contributed by atoms with Crippen molar-refractivity contribution in [2.24, 2.45) is 0 Å². The molecule has 118 valence electrons. The number of amides is 1. The van der Waals surface area contributed by atoms with E-state index in [1.807, 2.05) is 13.8 Å². The molecule has 0 atom stereocenters. The highest BCUT2D eigenvalue weighted by atomic mass is 32.2. The number of hydrogen-bond donors (Lipinski definition) is 2. The van der Waals surface area contributed by atoms with Gasteiger partial charge in [-0.25, -0.2) is 13.1 Å². The van der Waals surface area contributed by atoms with Crippen LogP contribution >= 0.6 is 0 Å². The second kappa shape index (κ2) is 7.42. The number of methoxy groups -OCH3 is 1. The molecule has 0 bridgehead atoms. The van der Waals surface area contributed by atoms with Crippen LogP contribution in [0.2, 0.25) is 0 Å². The summed E-state index contributed by atoms with van der Waals surface area (Å²) in [5.41, 5.74) is 0.187. The average Bonchev–Trinajstić information content (AvgIpc) is 2.50. The highest BCUT2D eigenvalue weighted by molar-refractivity contribution is 7.89. The Morgan fingerprint density at radius 1 is 1.29 bits per heavy atom. The number of hydrogen-bond acceptors (Lipinski definition) is 4. The summed E-state index contributed by atoms with van der Waals surface area (Å²) < 4.78 is 32.4. The van der Waals surface area contributed by atoms with Gasteiger partial charge in [-0.05, 0) is 31.0 Å². The van der Waals surface area contributed by atoms with Gasteiger partial charge in [-0.1, -0.05) is 13.8 Å². The van der Waals surface area contributed by atoms with Gasteiger partial charge in [0, 0.05) is 13.1 Å². The molecule has 1 aromatic carbocycles. The van der Waals surface area contributed by atoms with E-state index < -0.39 is 15.9 Å². The predicted octanol–water partition coefficient (Wildman–Crippen LogP) is 1.52. The SMILES string of the molecule is CCC(CC)NS(=O)(=O)c1ccc(OC)c(C(=O)NC)c1. The zero-order chi connectivity index (χ0) is 16.0. The Morgan fingerprint density at radius 3 is 2.38 bits per heavy atom. The van der Waals surface area contributed by atoms with Crippen LogP contribution in [0.3, 0.4) is 0 Å². The summed E-state index contributed by atoms with van der Waals surface area (Å²) in [5.74, 6) is -0.0673. The van der Waals surface area contributed by atoms with Crippen LogP contribution in [-0.2, 0) is 10.0 Å². The molecule has 0 aliphatic rings. The van der Waals surface area contributed by atoms with Crippen molar-refractivity contribution in [3.05, 3.63) is 23.8 Å². The van der Waals surface area contributed by atoms with Crippen LogP contribution in [0.1, 0.15) is 37.0 Å². The monoisotopic (exact) mass is 314 g/mol. The molecule has 0 aliphatic heterocycles. The van der Waals surface area contributed by atoms with Gasteiger partial charge >= 0.3 is 0 Å². The maximum atomic E-state index is 12.3. The smallest absolute Gasteiger partial charge is 0.254 e. The van der Waals surface area contributed by atoms with Crippen LogP contribution in [0.15, 0.2) is 23.1 Å². The van der Waals surface area contributed by atoms with Crippen LogP contribution in [0.5, 0.6) is 5.75 Å². The molecule has 7 heteroatoms. The Bertz CT molecular complexity index is 595. The van der Waals surface area contributed by atoms with Gasteiger partial charge in [0.25, 0.3) is 5.91 Å². The molecule has 0 aromatic heterocycles. The number of sulfonamides is 1. The lowest BCUT2D eigenvalue weighted by Gasteiger charge is -2.16. The maximum Gasteiger partial charge on any atom is 0.254 e. The minimum Gasteiger partial charge on any atom is -0.496 e. The molecule has 1 amide bonds. The van der Waals surface area contributed by atoms with E-state index in [2.05, 4.69) is 10.0 Å². The minimum absolute atomic E-state index is 0.0498.